The van der Waals surface area contributed by atoms with Gasteiger partial charge in [0.2, 0.25) is 5.91 Å². The third kappa shape index (κ3) is 4.57. The number of aryl methyl sites for hydroxylation is 2. The van der Waals surface area contributed by atoms with Gasteiger partial charge in [-0.3, -0.25) is 4.79 Å². The van der Waals surface area contributed by atoms with Gasteiger partial charge in [0, 0.05) is 32.6 Å². The minimum atomic E-state index is -0.465. The maximum atomic E-state index is 14.2. The van der Waals surface area contributed by atoms with Crippen LogP contribution in [0.5, 0.6) is 0 Å². The summed E-state index contributed by atoms with van der Waals surface area (Å²) in [6, 6.07) is 16.8. The molecule has 0 N–H and O–H groups in total. The zero-order valence-electron chi connectivity index (χ0n) is 20.8. The fraction of sp³-hybridized carbons (Fsp3) is 0.310. The molecule has 5 nitrogen and oxygen atoms in total. The molecule has 0 aliphatic carbocycles. The van der Waals surface area contributed by atoms with Gasteiger partial charge in [0.1, 0.15) is 23.5 Å². The van der Waals surface area contributed by atoms with Crippen LogP contribution in [0.4, 0.5) is 14.5 Å². The first-order chi connectivity index (χ1) is 17.3. The molecule has 7 heteroatoms. The Bertz CT molecular complexity index is 1410. The van der Waals surface area contributed by atoms with Crippen molar-refractivity contribution < 1.29 is 13.6 Å². The predicted octanol–water partition coefficient (Wildman–Crippen LogP) is 5.43. The van der Waals surface area contributed by atoms with Crippen molar-refractivity contribution in [3.63, 3.8) is 0 Å². The Morgan fingerprint density at radius 1 is 0.944 bits per heavy atom. The van der Waals surface area contributed by atoms with E-state index in [0.29, 0.717) is 38.3 Å². The van der Waals surface area contributed by atoms with E-state index in [1.807, 2.05) is 27.4 Å². The smallest absolute Gasteiger partial charge is 0.245 e. The monoisotopic (exact) mass is 488 g/mol. The van der Waals surface area contributed by atoms with Gasteiger partial charge in [-0.15, -0.1) is 0 Å². The van der Waals surface area contributed by atoms with Gasteiger partial charge in [-0.25, -0.2) is 13.8 Å². The molecule has 4 aromatic rings. The number of benzene rings is 3. The molecule has 0 radical (unpaired) electrons. The van der Waals surface area contributed by atoms with Gasteiger partial charge in [0.05, 0.1) is 16.7 Å². The number of rotatable bonds is 5. The van der Waals surface area contributed by atoms with Crippen LogP contribution < -0.4 is 4.90 Å². The third-order valence-electron chi connectivity index (χ3n) is 7.18. The number of amides is 1. The number of anilines is 1. The van der Waals surface area contributed by atoms with Gasteiger partial charge in [0.25, 0.3) is 0 Å². The molecule has 1 aromatic heterocycles. The highest BCUT2D eigenvalue weighted by Crippen LogP contribution is 2.28. The van der Waals surface area contributed by atoms with Crippen LogP contribution >= 0.6 is 0 Å². The first kappa shape index (κ1) is 24.0. The molecule has 1 atom stereocenters. The number of halogens is 2. The van der Waals surface area contributed by atoms with E-state index in [2.05, 4.69) is 26.0 Å². The SMILES string of the molecule is Cc1cc2nc(Cc3ccc(F)cc3)n([C@H](C)C(=O)N3CCN(c4ccccc4F)CC3)c2cc1C. The van der Waals surface area contributed by atoms with Gasteiger partial charge in [-0.1, -0.05) is 24.3 Å². The van der Waals surface area contributed by atoms with Crippen LogP contribution in [0.3, 0.4) is 0 Å². The van der Waals surface area contributed by atoms with Crippen molar-refractivity contribution in [2.75, 3.05) is 31.1 Å². The van der Waals surface area contributed by atoms with Crippen molar-refractivity contribution in [2.45, 2.75) is 33.2 Å². The maximum Gasteiger partial charge on any atom is 0.245 e. The van der Waals surface area contributed by atoms with E-state index in [1.165, 1.54) is 18.2 Å². The Balaban J connectivity index is 1.42. The normalized spacial score (nSPS) is 14.9. The summed E-state index contributed by atoms with van der Waals surface area (Å²) < 4.78 is 29.7. The number of piperazine rings is 1. The summed E-state index contributed by atoms with van der Waals surface area (Å²) in [5.74, 6) is 0.261. The van der Waals surface area contributed by atoms with Gasteiger partial charge in [0.15, 0.2) is 0 Å². The summed E-state index contributed by atoms with van der Waals surface area (Å²) in [5.41, 5.74) is 5.55. The lowest BCUT2D eigenvalue weighted by Gasteiger charge is -2.37. The molecule has 1 fully saturated rings. The number of carbonyl (C=O) groups is 1. The average Bonchev–Trinajstić information content (AvgIpc) is 3.21. The molecule has 1 aliphatic heterocycles. The number of para-hydroxylation sites is 1. The Hall–Kier alpha value is -3.74. The first-order valence-electron chi connectivity index (χ1n) is 12.3. The molecule has 0 bridgehead atoms. The fourth-order valence-electron chi connectivity index (χ4n) is 4.99. The van der Waals surface area contributed by atoms with E-state index < -0.39 is 6.04 Å². The predicted molar refractivity (Wildman–Crippen MR) is 138 cm³/mol. The zero-order valence-corrected chi connectivity index (χ0v) is 20.8. The number of hydrogen-bond donors (Lipinski definition) is 0. The molecule has 0 spiro atoms. The fourth-order valence-corrected chi connectivity index (χ4v) is 4.99. The van der Waals surface area contributed by atoms with Crippen LogP contribution in [-0.2, 0) is 11.2 Å². The summed E-state index contributed by atoms with van der Waals surface area (Å²) in [4.78, 5) is 22.4. The van der Waals surface area contributed by atoms with Crippen molar-refractivity contribution in [1.29, 1.82) is 0 Å². The summed E-state index contributed by atoms with van der Waals surface area (Å²) in [5, 5.41) is 0. The number of fused-ring (bicyclic) bond motifs is 1. The highest BCUT2D eigenvalue weighted by molar-refractivity contribution is 5.85. The maximum absolute atomic E-state index is 14.2. The Kier molecular flexibility index (Phi) is 6.48. The summed E-state index contributed by atoms with van der Waals surface area (Å²) in [7, 11) is 0. The van der Waals surface area contributed by atoms with Crippen LogP contribution in [0.25, 0.3) is 11.0 Å². The van der Waals surface area contributed by atoms with Crippen molar-refractivity contribution in [2.24, 2.45) is 0 Å². The van der Waals surface area contributed by atoms with Crippen molar-refractivity contribution in [1.82, 2.24) is 14.5 Å². The van der Waals surface area contributed by atoms with Gasteiger partial charge in [-0.2, -0.15) is 0 Å². The highest BCUT2D eigenvalue weighted by Gasteiger charge is 2.29. The molecule has 1 amide bonds. The van der Waals surface area contributed by atoms with Gasteiger partial charge in [-0.05, 0) is 73.9 Å². The van der Waals surface area contributed by atoms with Gasteiger partial charge >= 0.3 is 0 Å². The van der Waals surface area contributed by atoms with E-state index in [9.17, 15) is 13.6 Å². The number of imidazole rings is 1. The number of nitrogens with zero attached hydrogens (tertiary/aromatic N) is 4. The van der Waals surface area contributed by atoms with Crippen LogP contribution in [0, 0.1) is 25.5 Å². The molecule has 186 valence electrons. The second-order valence-corrected chi connectivity index (χ2v) is 9.57. The molecule has 0 unspecified atom stereocenters. The molecule has 36 heavy (non-hydrogen) atoms. The van der Waals surface area contributed by atoms with Gasteiger partial charge < -0.3 is 14.4 Å². The number of aromatic nitrogens is 2. The average molecular weight is 489 g/mol. The van der Waals surface area contributed by atoms with E-state index in [1.54, 1.807) is 24.3 Å². The molecule has 1 aliphatic rings. The van der Waals surface area contributed by atoms with Crippen molar-refractivity contribution in [3.05, 3.63) is 94.8 Å². The zero-order chi connectivity index (χ0) is 25.4. The van der Waals surface area contributed by atoms with E-state index in [4.69, 9.17) is 4.98 Å². The standard InChI is InChI=1S/C29H30F2N4O/c1-19-16-25-27(17-20(19)2)35(28(32-25)18-22-8-10-23(30)11-9-22)21(3)29(36)34-14-12-33(13-15-34)26-7-5-4-6-24(26)31/h4-11,16-17,21H,12-15,18H2,1-3H3/t21-/m1/s1. The Morgan fingerprint density at radius 3 is 2.31 bits per heavy atom. The lowest BCUT2D eigenvalue weighted by molar-refractivity contribution is -0.134. The molecule has 1 saturated heterocycles. The topological polar surface area (TPSA) is 41.4 Å². The first-order valence-corrected chi connectivity index (χ1v) is 12.3. The van der Waals surface area contributed by atoms with Crippen molar-refractivity contribution in [3.8, 4) is 0 Å². The molecule has 2 heterocycles. The van der Waals surface area contributed by atoms with Crippen LogP contribution in [0.2, 0.25) is 0 Å². The quantitative estimate of drug-likeness (QED) is 0.376. The van der Waals surface area contributed by atoms with E-state index in [0.717, 1.165) is 33.5 Å². The molecule has 0 saturated carbocycles. The Morgan fingerprint density at radius 2 is 1.61 bits per heavy atom. The third-order valence-corrected chi connectivity index (χ3v) is 7.18. The molecular weight excluding hydrogens is 458 g/mol. The summed E-state index contributed by atoms with van der Waals surface area (Å²) in [6.07, 6.45) is 0.492. The second-order valence-electron chi connectivity index (χ2n) is 9.57. The molecular formula is C29H30F2N4O. The minimum Gasteiger partial charge on any atom is -0.366 e. The number of carbonyl (C=O) groups excluding carboxylic acids is 1. The van der Waals surface area contributed by atoms with Crippen LogP contribution in [-0.4, -0.2) is 46.5 Å². The lowest BCUT2D eigenvalue weighted by atomic mass is 10.1. The number of hydrogen-bond acceptors (Lipinski definition) is 3. The lowest BCUT2D eigenvalue weighted by Crippen LogP contribution is -2.50. The molecule has 5 rings (SSSR count). The minimum absolute atomic E-state index is 0.0149. The molecule has 3 aromatic carbocycles. The van der Waals surface area contributed by atoms with E-state index >= 15 is 0 Å². The largest absolute Gasteiger partial charge is 0.366 e. The van der Waals surface area contributed by atoms with Crippen molar-refractivity contribution >= 4 is 22.6 Å². The Labute approximate surface area is 210 Å². The van der Waals surface area contributed by atoms with Crippen LogP contribution in [0.1, 0.15) is 35.5 Å². The van der Waals surface area contributed by atoms with E-state index in [-0.39, 0.29) is 17.5 Å². The summed E-state index contributed by atoms with van der Waals surface area (Å²) >= 11 is 0. The highest BCUT2D eigenvalue weighted by atomic mass is 19.1. The summed E-state index contributed by atoms with van der Waals surface area (Å²) in [6.45, 7) is 8.22. The second kappa shape index (κ2) is 9.72. The van der Waals surface area contributed by atoms with Crippen LogP contribution in [0.15, 0.2) is 60.7 Å².